The molecule has 0 aliphatic heterocycles. The van der Waals surface area contributed by atoms with E-state index in [4.69, 9.17) is 0 Å². The van der Waals surface area contributed by atoms with Crippen LogP contribution in [-0.2, 0) is 0 Å². The van der Waals surface area contributed by atoms with Crippen molar-refractivity contribution in [1.82, 2.24) is 0 Å². The zero-order valence-corrected chi connectivity index (χ0v) is 14.4. The summed E-state index contributed by atoms with van der Waals surface area (Å²) in [7, 11) is 0. The van der Waals surface area contributed by atoms with Gasteiger partial charge in [-0.2, -0.15) is 0 Å². The maximum absolute atomic E-state index is 3.93. The van der Waals surface area contributed by atoms with E-state index in [1.54, 1.807) is 0 Å². The van der Waals surface area contributed by atoms with E-state index in [1.807, 2.05) is 6.08 Å². The Morgan fingerprint density at radius 3 is 2.48 bits per heavy atom. The van der Waals surface area contributed by atoms with Crippen LogP contribution in [0.5, 0.6) is 0 Å². The van der Waals surface area contributed by atoms with Crippen molar-refractivity contribution in [2.24, 2.45) is 0 Å². The molecule has 0 radical (unpaired) electrons. The van der Waals surface area contributed by atoms with E-state index in [-0.39, 0.29) is 0 Å². The molecule has 3 aromatic carbocycles. The van der Waals surface area contributed by atoms with Gasteiger partial charge in [0.25, 0.3) is 0 Å². The molecule has 1 heteroatoms. The van der Waals surface area contributed by atoms with Gasteiger partial charge in [0.1, 0.15) is 0 Å². The van der Waals surface area contributed by atoms with Crippen LogP contribution in [0.1, 0.15) is 23.6 Å². The molecule has 0 bridgehead atoms. The third-order valence-electron chi connectivity index (χ3n) is 3.92. The Hall–Kier alpha value is -1.61. The maximum Gasteiger partial charge on any atom is 0.0165 e. The topological polar surface area (TPSA) is 0 Å². The van der Waals surface area contributed by atoms with Crippen LogP contribution in [0, 0.1) is 10.5 Å². The molecule has 0 nitrogen and oxygen atoms in total. The molecule has 0 saturated heterocycles. The van der Waals surface area contributed by atoms with Crippen molar-refractivity contribution in [3.05, 3.63) is 69.3 Å². The molecule has 0 aliphatic rings. The summed E-state index contributed by atoms with van der Waals surface area (Å²) in [6.07, 6.45) is 6.19. The number of halogens is 1. The smallest absolute Gasteiger partial charge is 0.0165 e. The molecular weight excluding hydrogens is 367 g/mol. The summed E-state index contributed by atoms with van der Waals surface area (Å²) in [4.78, 5) is 0. The Bertz CT molecular complexity index is 885. The number of benzene rings is 3. The summed E-state index contributed by atoms with van der Waals surface area (Å²) in [6.45, 7) is 8.16. The van der Waals surface area contributed by atoms with E-state index < -0.39 is 0 Å². The van der Waals surface area contributed by atoms with Crippen LogP contribution in [-0.4, -0.2) is 0 Å². The quantitative estimate of drug-likeness (QED) is 0.346. The summed E-state index contributed by atoms with van der Waals surface area (Å²) < 4.78 is 1.32. The molecule has 0 heterocycles. The highest BCUT2D eigenvalue weighted by Crippen LogP contribution is 2.32. The van der Waals surface area contributed by atoms with Crippen molar-refractivity contribution in [2.75, 3.05) is 0 Å². The fraction of sp³-hybridized carbons (Fsp3) is 0.100. The minimum Gasteiger partial charge on any atom is -0.0984 e. The van der Waals surface area contributed by atoms with Crippen molar-refractivity contribution >= 4 is 56.3 Å². The Morgan fingerprint density at radius 2 is 1.76 bits per heavy atom. The average molecular weight is 384 g/mol. The van der Waals surface area contributed by atoms with Crippen molar-refractivity contribution in [2.45, 2.75) is 13.8 Å². The predicted octanol–water partition coefficient (Wildman–Crippen LogP) is 6.58. The van der Waals surface area contributed by atoms with Crippen LogP contribution in [0.3, 0.4) is 0 Å². The first-order valence-corrected chi connectivity index (χ1v) is 8.14. The largest absolute Gasteiger partial charge is 0.0984 e. The van der Waals surface area contributed by atoms with E-state index >= 15 is 0 Å². The number of hydrogen-bond donors (Lipinski definition) is 0. The normalized spacial score (nSPS) is 11.6. The van der Waals surface area contributed by atoms with E-state index in [0.29, 0.717) is 0 Å². The SMILES string of the molecule is C=Cc1ccc2c(ccc3cc(I)c(C)cc32)c1/C=C\C. The van der Waals surface area contributed by atoms with Gasteiger partial charge in [0.05, 0.1) is 0 Å². The Kier molecular flexibility index (Phi) is 3.85. The molecule has 0 N–H and O–H groups in total. The van der Waals surface area contributed by atoms with Gasteiger partial charge in [-0.05, 0) is 86.8 Å². The van der Waals surface area contributed by atoms with Crippen LogP contribution < -0.4 is 0 Å². The number of hydrogen-bond acceptors (Lipinski definition) is 0. The minimum atomic E-state index is 1.18. The molecule has 0 spiro atoms. The van der Waals surface area contributed by atoms with Crippen molar-refractivity contribution in [1.29, 1.82) is 0 Å². The molecule has 0 unspecified atom stereocenters. The second-order valence-electron chi connectivity index (χ2n) is 5.26. The lowest BCUT2D eigenvalue weighted by Crippen LogP contribution is -1.88. The number of rotatable bonds is 2. The Balaban J connectivity index is 2.49. The highest BCUT2D eigenvalue weighted by atomic mass is 127. The molecule has 0 fully saturated rings. The van der Waals surface area contributed by atoms with Crippen molar-refractivity contribution in [3.63, 3.8) is 0 Å². The first-order valence-electron chi connectivity index (χ1n) is 7.06. The monoisotopic (exact) mass is 384 g/mol. The number of fused-ring (bicyclic) bond motifs is 3. The third-order valence-corrected chi connectivity index (χ3v) is 5.09. The van der Waals surface area contributed by atoms with Crippen molar-refractivity contribution in [3.8, 4) is 0 Å². The summed E-state index contributed by atoms with van der Waals surface area (Å²) in [5, 5.41) is 5.23. The van der Waals surface area contributed by atoms with Crippen LogP contribution in [0.15, 0.2) is 49.1 Å². The van der Waals surface area contributed by atoms with Crippen LogP contribution in [0.25, 0.3) is 33.7 Å². The standard InChI is InChI=1S/C20H17I/c1-4-6-16-14(5-2)7-9-18-17(16)10-8-15-12-20(21)13(3)11-19(15)18/h4-12H,2H2,1,3H3/b6-4-. The molecular formula is C20H17I. The zero-order chi connectivity index (χ0) is 15.0. The van der Waals surface area contributed by atoms with Gasteiger partial charge >= 0.3 is 0 Å². The molecule has 104 valence electrons. The van der Waals surface area contributed by atoms with Gasteiger partial charge in [0, 0.05) is 3.57 Å². The predicted molar refractivity (Wildman–Crippen MR) is 104 cm³/mol. The molecule has 0 aliphatic carbocycles. The van der Waals surface area contributed by atoms with E-state index in [1.165, 1.54) is 41.8 Å². The average Bonchev–Trinajstić information content (AvgIpc) is 2.49. The van der Waals surface area contributed by atoms with Crippen LogP contribution >= 0.6 is 22.6 Å². The zero-order valence-electron chi connectivity index (χ0n) is 12.3. The van der Waals surface area contributed by atoms with Gasteiger partial charge in [-0.25, -0.2) is 0 Å². The maximum atomic E-state index is 3.93. The van der Waals surface area contributed by atoms with Gasteiger partial charge in [-0.3, -0.25) is 0 Å². The van der Waals surface area contributed by atoms with Gasteiger partial charge in [-0.15, -0.1) is 0 Å². The summed E-state index contributed by atoms with van der Waals surface area (Å²) in [6, 6.07) is 13.4. The van der Waals surface area contributed by atoms with E-state index in [2.05, 4.69) is 91.6 Å². The minimum absolute atomic E-state index is 1.18. The lowest BCUT2D eigenvalue weighted by Gasteiger charge is -2.11. The first-order chi connectivity index (χ1) is 10.2. The van der Waals surface area contributed by atoms with Crippen LogP contribution in [0.4, 0.5) is 0 Å². The van der Waals surface area contributed by atoms with E-state index in [9.17, 15) is 0 Å². The van der Waals surface area contributed by atoms with E-state index in [0.717, 1.165) is 0 Å². The van der Waals surface area contributed by atoms with Gasteiger partial charge in [0.15, 0.2) is 0 Å². The highest BCUT2D eigenvalue weighted by Gasteiger charge is 2.08. The molecule has 3 aromatic rings. The summed E-state index contributed by atoms with van der Waals surface area (Å²) in [5.74, 6) is 0. The molecule has 3 rings (SSSR count). The second kappa shape index (κ2) is 5.64. The fourth-order valence-electron chi connectivity index (χ4n) is 2.84. The molecule has 0 amide bonds. The lowest BCUT2D eigenvalue weighted by atomic mass is 9.94. The molecule has 0 saturated carbocycles. The van der Waals surface area contributed by atoms with Crippen molar-refractivity contribution < 1.29 is 0 Å². The molecule has 21 heavy (non-hydrogen) atoms. The van der Waals surface area contributed by atoms with Gasteiger partial charge in [0.2, 0.25) is 0 Å². The molecule has 0 atom stereocenters. The van der Waals surface area contributed by atoms with Gasteiger partial charge in [-0.1, -0.05) is 49.1 Å². The summed E-state index contributed by atoms with van der Waals surface area (Å²) in [5.41, 5.74) is 3.77. The second-order valence-corrected chi connectivity index (χ2v) is 6.42. The number of aryl methyl sites for hydroxylation is 1. The lowest BCUT2D eigenvalue weighted by molar-refractivity contribution is 1.46. The fourth-order valence-corrected chi connectivity index (χ4v) is 3.33. The Morgan fingerprint density at radius 1 is 1.00 bits per heavy atom. The summed E-state index contributed by atoms with van der Waals surface area (Å²) >= 11 is 2.40. The van der Waals surface area contributed by atoms with Gasteiger partial charge < -0.3 is 0 Å². The first kappa shape index (κ1) is 14.3. The Labute approximate surface area is 139 Å². The third kappa shape index (κ3) is 2.40. The highest BCUT2D eigenvalue weighted by molar-refractivity contribution is 14.1. The molecule has 0 aromatic heterocycles. The van der Waals surface area contributed by atoms with Crippen LogP contribution in [0.2, 0.25) is 0 Å². The number of allylic oxidation sites excluding steroid dienone is 1.